The average Bonchev–Trinajstić information content (AvgIpc) is 3.71. The molecule has 1 aliphatic carbocycles. The third kappa shape index (κ3) is 16.2. The number of unbranched alkanes of at least 4 members (excludes halogenated alkanes) is 13. The number of amides is 3. The summed E-state index contributed by atoms with van der Waals surface area (Å²) in [7, 11) is 4.09. The summed E-state index contributed by atoms with van der Waals surface area (Å²) in [6, 6.07) is 6.64. The highest BCUT2D eigenvalue weighted by molar-refractivity contribution is 8.76. The van der Waals surface area contributed by atoms with Gasteiger partial charge in [-0.2, -0.15) is 0 Å². The monoisotopic (exact) mass is 670 g/mol. The van der Waals surface area contributed by atoms with E-state index in [1.165, 1.54) is 126 Å². The minimum absolute atomic E-state index is 0.179. The molecule has 0 spiro atoms. The van der Waals surface area contributed by atoms with Crippen LogP contribution in [0.3, 0.4) is 0 Å². The molecule has 1 heterocycles. The molecular weight excluding hydrogens is 613 g/mol. The highest BCUT2D eigenvalue weighted by Crippen LogP contribution is 2.29. The summed E-state index contributed by atoms with van der Waals surface area (Å²) < 4.78 is 0. The van der Waals surface area contributed by atoms with Gasteiger partial charge >= 0.3 is 0 Å². The van der Waals surface area contributed by atoms with Crippen LogP contribution in [0.1, 0.15) is 152 Å². The number of hydrogen-bond donors (Lipinski definition) is 1. The summed E-state index contributed by atoms with van der Waals surface area (Å²) >= 11 is 0. The van der Waals surface area contributed by atoms with Crippen LogP contribution in [0.2, 0.25) is 0 Å². The van der Waals surface area contributed by atoms with E-state index in [9.17, 15) is 19.2 Å². The van der Waals surface area contributed by atoms with E-state index < -0.39 is 0 Å². The zero-order chi connectivity index (χ0) is 32.7. The molecule has 1 aromatic rings. The molecule has 0 unspecified atom stereocenters. The Balaban J connectivity index is 1.00. The second-order valence-electron chi connectivity index (χ2n) is 13.1. The zero-order valence-electron chi connectivity index (χ0n) is 28.1. The Hall–Kier alpha value is -2.06. The maximum Gasteiger partial charge on any atom is 0.258 e. The standard InChI is InChI=1S/C38H58N2O4S2/c41-35(25-24-32-19-13-14-20-32)23-12-8-4-7-11-17-30-46-45-29-16-10-6-3-1-2-5-9-15-28-39-38(44)33-21-18-22-34(31-33)40-36(42)26-27-37(40)43/h18,21-22,26-27,31-32H,1-17,19-20,23-25,28-30H2,(H,39,44). The molecule has 1 N–H and O–H groups in total. The first-order valence-corrected chi connectivity index (χ1v) is 20.7. The van der Waals surface area contributed by atoms with Gasteiger partial charge < -0.3 is 5.32 Å². The number of rotatable bonds is 27. The van der Waals surface area contributed by atoms with Crippen molar-refractivity contribution in [1.82, 2.24) is 5.32 Å². The van der Waals surface area contributed by atoms with Crippen LogP contribution in [0.25, 0.3) is 0 Å². The second-order valence-corrected chi connectivity index (χ2v) is 15.8. The highest BCUT2D eigenvalue weighted by Gasteiger charge is 2.25. The lowest BCUT2D eigenvalue weighted by Crippen LogP contribution is -2.30. The average molecular weight is 671 g/mol. The fourth-order valence-corrected chi connectivity index (χ4v) is 8.66. The maximum absolute atomic E-state index is 12.5. The van der Waals surface area contributed by atoms with Gasteiger partial charge in [0.1, 0.15) is 5.78 Å². The lowest BCUT2D eigenvalue weighted by atomic mass is 9.98. The highest BCUT2D eigenvalue weighted by atomic mass is 33.1. The largest absolute Gasteiger partial charge is 0.352 e. The molecule has 3 amide bonds. The maximum atomic E-state index is 12.5. The Morgan fingerprint density at radius 1 is 0.696 bits per heavy atom. The molecule has 0 aromatic heterocycles. The predicted octanol–water partition coefficient (Wildman–Crippen LogP) is 10.0. The first-order valence-electron chi connectivity index (χ1n) is 18.2. The predicted molar refractivity (Wildman–Crippen MR) is 195 cm³/mol. The molecule has 1 saturated carbocycles. The molecular formula is C38H58N2O4S2. The van der Waals surface area contributed by atoms with Crippen LogP contribution in [0.5, 0.6) is 0 Å². The molecule has 2 aliphatic rings. The summed E-state index contributed by atoms with van der Waals surface area (Å²) in [5, 5.41) is 2.95. The molecule has 1 fully saturated rings. The third-order valence-electron chi connectivity index (χ3n) is 9.19. The zero-order valence-corrected chi connectivity index (χ0v) is 29.7. The van der Waals surface area contributed by atoms with Crippen molar-refractivity contribution < 1.29 is 19.2 Å². The number of carbonyl (C=O) groups is 4. The number of ketones is 1. The van der Waals surface area contributed by atoms with Gasteiger partial charge in [0.25, 0.3) is 17.7 Å². The van der Waals surface area contributed by atoms with Gasteiger partial charge in [0, 0.05) is 48.6 Å². The van der Waals surface area contributed by atoms with Crippen molar-refractivity contribution in [1.29, 1.82) is 0 Å². The van der Waals surface area contributed by atoms with Gasteiger partial charge in [0.05, 0.1) is 5.69 Å². The van der Waals surface area contributed by atoms with E-state index in [4.69, 9.17) is 0 Å². The fourth-order valence-electron chi connectivity index (χ4n) is 6.37. The summed E-state index contributed by atoms with van der Waals surface area (Å²) in [6.45, 7) is 0.630. The van der Waals surface area contributed by atoms with Crippen LogP contribution >= 0.6 is 21.6 Å². The van der Waals surface area contributed by atoms with Crippen LogP contribution in [0.15, 0.2) is 36.4 Å². The number of carbonyl (C=O) groups excluding carboxylic acids is 4. The van der Waals surface area contributed by atoms with Crippen molar-refractivity contribution in [3.8, 4) is 0 Å². The quantitative estimate of drug-likeness (QED) is 0.0570. The molecule has 0 radical (unpaired) electrons. The number of Topliss-reactive ketones (excluding diaryl/α,β-unsaturated/α-hetero) is 1. The first kappa shape index (κ1) is 38.4. The van der Waals surface area contributed by atoms with Gasteiger partial charge in [-0.05, 0) is 56.2 Å². The van der Waals surface area contributed by atoms with E-state index >= 15 is 0 Å². The molecule has 3 rings (SSSR count). The van der Waals surface area contributed by atoms with Gasteiger partial charge in [0.2, 0.25) is 0 Å². The molecule has 6 nitrogen and oxygen atoms in total. The normalized spacial score (nSPS) is 14.9. The summed E-state index contributed by atoms with van der Waals surface area (Å²) in [5.74, 6) is 2.94. The van der Waals surface area contributed by atoms with Crippen molar-refractivity contribution in [2.24, 2.45) is 5.92 Å². The van der Waals surface area contributed by atoms with Crippen molar-refractivity contribution in [3.63, 3.8) is 0 Å². The van der Waals surface area contributed by atoms with E-state index in [-0.39, 0.29) is 17.7 Å². The third-order valence-corrected chi connectivity index (χ3v) is 11.8. The lowest BCUT2D eigenvalue weighted by molar-refractivity contribution is -0.120. The van der Waals surface area contributed by atoms with E-state index in [1.54, 1.807) is 24.3 Å². The fraction of sp³-hybridized carbons (Fsp3) is 0.684. The number of imide groups is 1. The molecule has 46 heavy (non-hydrogen) atoms. The van der Waals surface area contributed by atoms with Gasteiger partial charge in [-0.25, -0.2) is 4.90 Å². The van der Waals surface area contributed by atoms with E-state index in [2.05, 4.69) is 5.32 Å². The number of nitrogens with one attached hydrogen (secondary N) is 1. The molecule has 0 saturated heterocycles. The Kier molecular flexibility index (Phi) is 20.1. The van der Waals surface area contributed by atoms with Crippen molar-refractivity contribution in [2.45, 2.75) is 141 Å². The summed E-state index contributed by atoms with van der Waals surface area (Å²) in [6.07, 6.45) is 29.4. The minimum atomic E-state index is -0.384. The van der Waals surface area contributed by atoms with Gasteiger partial charge in [-0.3, -0.25) is 19.2 Å². The number of nitrogens with zero attached hydrogens (tertiary/aromatic N) is 1. The number of anilines is 1. The Morgan fingerprint density at radius 3 is 1.85 bits per heavy atom. The Labute approximate surface area is 286 Å². The van der Waals surface area contributed by atoms with Crippen LogP contribution in [-0.4, -0.2) is 41.6 Å². The summed E-state index contributed by atoms with van der Waals surface area (Å²) in [4.78, 5) is 49.4. The van der Waals surface area contributed by atoms with E-state index in [0.717, 1.165) is 49.3 Å². The van der Waals surface area contributed by atoms with E-state index in [0.29, 0.717) is 23.6 Å². The lowest BCUT2D eigenvalue weighted by Gasteiger charge is -2.14. The molecule has 0 atom stereocenters. The van der Waals surface area contributed by atoms with Gasteiger partial charge in [-0.1, -0.05) is 124 Å². The second kappa shape index (κ2) is 24.1. The van der Waals surface area contributed by atoms with Gasteiger partial charge in [-0.15, -0.1) is 0 Å². The van der Waals surface area contributed by atoms with Crippen molar-refractivity contribution >= 4 is 50.8 Å². The topological polar surface area (TPSA) is 83.6 Å². The number of benzene rings is 1. The molecule has 0 bridgehead atoms. The van der Waals surface area contributed by atoms with Crippen LogP contribution in [0.4, 0.5) is 5.69 Å². The van der Waals surface area contributed by atoms with E-state index in [1.807, 2.05) is 21.6 Å². The van der Waals surface area contributed by atoms with Crippen LogP contribution in [0, 0.1) is 5.92 Å². The molecule has 1 aromatic carbocycles. The molecule has 1 aliphatic heterocycles. The van der Waals surface area contributed by atoms with Crippen LogP contribution in [-0.2, 0) is 14.4 Å². The first-order chi connectivity index (χ1) is 22.5. The number of hydrogen-bond acceptors (Lipinski definition) is 6. The van der Waals surface area contributed by atoms with Gasteiger partial charge in [0.15, 0.2) is 0 Å². The van der Waals surface area contributed by atoms with Crippen molar-refractivity contribution in [3.05, 3.63) is 42.0 Å². The Morgan fingerprint density at radius 2 is 1.24 bits per heavy atom. The molecule has 256 valence electrons. The SMILES string of the molecule is O=C(CCCCCCCCSSCCCCCCCCCCCNC(=O)c1cccc(N2C(=O)C=CC2=O)c1)CCC1CCCC1. The molecule has 8 heteroatoms. The minimum Gasteiger partial charge on any atom is -0.352 e. The smallest absolute Gasteiger partial charge is 0.258 e. The Bertz CT molecular complexity index is 1070. The van der Waals surface area contributed by atoms with Crippen molar-refractivity contribution in [2.75, 3.05) is 23.0 Å². The van der Waals surface area contributed by atoms with Crippen LogP contribution < -0.4 is 10.2 Å². The summed E-state index contributed by atoms with van der Waals surface area (Å²) in [5.41, 5.74) is 0.873.